The summed E-state index contributed by atoms with van der Waals surface area (Å²) in [5, 5.41) is 3.13. The van der Waals surface area contributed by atoms with Crippen LogP contribution in [0.2, 0.25) is 0 Å². The lowest BCUT2D eigenvalue weighted by Crippen LogP contribution is -2.27. The molecule has 3 heteroatoms. The first-order chi connectivity index (χ1) is 7.04. The van der Waals surface area contributed by atoms with E-state index in [1.165, 1.54) is 12.7 Å². The monoisotopic (exact) mass is 207 g/mol. The summed E-state index contributed by atoms with van der Waals surface area (Å²) < 4.78 is 4.65. The van der Waals surface area contributed by atoms with Gasteiger partial charge in [0, 0.05) is 5.69 Å². The smallest absolute Gasteiger partial charge is 0.327 e. The van der Waals surface area contributed by atoms with Gasteiger partial charge in [0.05, 0.1) is 7.11 Å². The second-order valence-corrected chi connectivity index (χ2v) is 3.71. The summed E-state index contributed by atoms with van der Waals surface area (Å²) in [4.78, 5) is 11.2. The maximum atomic E-state index is 11.2. The molecular weight excluding hydrogens is 190 g/mol. The highest BCUT2D eigenvalue weighted by Crippen LogP contribution is 2.17. The lowest BCUT2D eigenvalue weighted by molar-refractivity contribution is -0.141. The SMILES string of the molecule is COC(=O)[C@@H](C)Nc1cc(C)ccc1C. The van der Waals surface area contributed by atoms with Crippen molar-refractivity contribution in [2.45, 2.75) is 26.8 Å². The highest BCUT2D eigenvalue weighted by molar-refractivity contribution is 5.79. The minimum Gasteiger partial charge on any atom is -0.467 e. The van der Waals surface area contributed by atoms with Crippen molar-refractivity contribution in [3.8, 4) is 0 Å². The van der Waals surface area contributed by atoms with Crippen LogP contribution in [0.4, 0.5) is 5.69 Å². The van der Waals surface area contributed by atoms with Gasteiger partial charge in [-0.2, -0.15) is 0 Å². The predicted octanol–water partition coefficient (Wildman–Crippen LogP) is 2.28. The summed E-state index contributed by atoms with van der Waals surface area (Å²) in [5.74, 6) is -0.254. The van der Waals surface area contributed by atoms with Crippen molar-refractivity contribution in [2.24, 2.45) is 0 Å². The summed E-state index contributed by atoms with van der Waals surface area (Å²) >= 11 is 0. The number of carbonyl (C=O) groups excluding carboxylic acids is 1. The van der Waals surface area contributed by atoms with Gasteiger partial charge in [0.15, 0.2) is 0 Å². The van der Waals surface area contributed by atoms with Gasteiger partial charge in [-0.05, 0) is 38.0 Å². The summed E-state index contributed by atoms with van der Waals surface area (Å²) in [5.41, 5.74) is 3.27. The number of esters is 1. The topological polar surface area (TPSA) is 38.3 Å². The molecule has 1 atom stereocenters. The van der Waals surface area contributed by atoms with E-state index in [2.05, 4.69) is 10.1 Å². The maximum Gasteiger partial charge on any atom is 0.327 e. The van der Waals surface area contributed by atoms with Gasteiger partial charge in [0.25, 0.3) is 0 Å². The van der Waals surface area contributed by atoms with Gasteiger partial charge in [-0.15, -0.1) is 0 Å². The fraction of sp³-hybridized carbons (Fsp3) is 0.417. The van der Waals surface area contributed by atoms with Gasteiger partial charge < -0.3 is 10.1 Å². The Kier molecular flexibility index (Phi) is 3.72. The number of rotatable bonds is 3. The van der Waals surface area contributed by atoms with E-state index in [-0.39, 0.29) is 12.0 Å². The van der Waals surface area contributed by atoms with Crippen molar-refractivity contribution >= 4 is 11.7 Å². The number of anilines is 1. The molecule has 0 heterocycles. The van der Waals surface area contributed by atoms with E-state index >= 15 is 0 Å². The number of ether oxygens (including phenoxy) is 1. The molecule has 82 valence electrons. The molecule has 0 spiro atoms. The number of hydrogen-bond donors (Lipinski definition) is 1. The first kappa shape index (κ1) is 11.6. The highest BCUT2D eigenvalue weighted by atomic mass is 16.5. The lowest BCUT2D eigenvalue weighted by atomic mass is 10.1. The number of nitrogens with one attached hydrogen (secondary N) is 1. The van der Waals surface area contributed by atoms with Crippen LogP contribution in [0.15, 0.2) is 18.2 Å². The average molecular weight is 207 g/mol. The van der Waals surface area contributed by atoms with Crippen molar-refractivity contribution in [3.63, 3.8) is 0 Å². The van der Waals surface area contributed by atoms with Gasteiger partial charge in [0.1, 0.15) is 6.04 Å². The Morgan fingerprint density at radius 3 is 2.67 bits per heavy atom. The molecule has 1 aromatic rings. The van der Waals surface area contributed by atoms with Crippen LogP contribution in [-0.4, -0.2) is 19.1 Å². The first-order valence-corrected chi connectivity index (χ1v) is 4.96. The number of aryl methyl sites for hydroxylation is 2. The Hall–Kier alpha value is -1.51. The van der Waals surface area contributed by atoms with Crippen LogP contribution in [0.1, 0.15) is 18.1 Å². The molecule has 1 rings (SSSR count). The van der Waals surface area contributed by atoms with Crippen molar-refractivity contribution in [1.29, 1.82) is 0 Å². The van der Waals surface area contributed by atoms with E-state index in [0.29, 0.717) is 0 Å². The summed E-state index contributed by atoms with van der Waals surface area (Å²) in [6.45, 7) is 5.81. The van der Waals surface area contributed by atoms with Crippen LogP contribution < -0.4 is 5.32 Å². The number of carbonyl (C=O) groups is 1. The third-order valence-corrected chi connectivity index (χ3v) is 2.32. The molecule has 0 amide bonds. The maximum absolute atomic E-state index is 11.2. The Morgan fingerprint density at radius 2 is 2.07 bits per heavy atom. The molecule has 0 unspecified atom stereocenters. The van der Waals surface area contributed by atoms with Gasteiger partial charge in [0.2, 0.25) is 0 Å². The van der Waals surface area contributed by atoms with Crippen LogP contribution >= 0.6 is 0 Å². The van der Waals surface area contributed by atoms with E-state index in [9.17, 15) is 4.79 Å². The van der Waals surface area contributed by atoms with Crippen molar-refractivity contribution < 1.29 is 9.53 Å². The molecule has 0 aromatic heterocycles. The molecule has 1 N–H and O–H groups in total. The van der Waals surface area contributed by atoms with Crippen LogP contribution in [0, 0.1) is 13.8 Å². The van der Waals surface area contributed by atoms with E-state index in [1.54, 1.807) is 6.92 Å². The van der Waals surface area contributed by atoms with Crippen LogP contribution in [0.3, 0.4) is 0 Å². The molecule has 0 aliphatic heterocycles. The van der Waals surface area contributed by atoms with Gasteiger partial charge in [-0.25, -0.2) is 4.79 Å². The average Bonchev–Trinajstić information content (AvgIpc) is 2.22. The zero-order valence-electron chi connectivity index (χ0n) is 9.63. The normalized spacial score (nSPS) is 12.0. The second-order valence-electron chi connectivity index (χ2n) is 3.71. The second kappa shape index (κ2) is 4.82. The Balaban J connectivity index is 2.80. The Labute approximate surface area is 90.4 Å². The van der Waals surface area contributed by atoms with E-state index in [4.69, 9.17) is 0 Å². The van der Waals surface area contributed by atoms with Crippen LogP contribution in [0.5, 0.6) is 0 Å². The fourth-order valence-corrected chi connectivity index (χ4v) is 1.36. The van der Waals surface area contributed by atoms with E-state index in [1.807, 2.05) is 32.0 Å². The molecule has 0 bridgehead atoms. The zero-order valence-corrected chi connectivity index (χ0v) is 9.63. The molecule has 15 heavy (non-hydrogen) atoms. The number of methoxy groups -OCH3 is 1. The summed E-state index contributed by atoms with van der Waals surface area (Å²) in [6.07, 6.45) is 0. The molecule has 1 aromatic carbocycles. The van der Waals surface area contributed by atoms with E-state index in [0.717, 1.165) is 11.3 Å². The van der Waals surface area contributed by atoms with Crippen molar-refractivity contribution in [3.05, 3.63) is 29.3 Å². The standard InChI is InChI=1S/C12H17NO2/c1-8-5-6-9(2)11(7-8)13-10(3)12(14)15-4/h5-7,10,13H,1-4H3/t10-/m1/s1. The minimum absolute atomic E-state index is 0.254. The van der Waals surface area contributed by atoms with Crippen molar-refractivity contribution in [2.75, 3.05) is 12.4 Å². The third kappa shape index (κ3) is 2.98. The fourth-order valence-electron chi connectivity index (χ4n) is 1.36. The van der Waals surface area contributed by atoms with Gasteiger partial charge in [-0.3, -0.25) is 0 Å². The highest BCUT2D eigenvalue weighted by Gasteiger charge is 2.13. The number of hydrogen-bond acceptors (Lipinski definition) is 3. The van der Waals surface area contributed by atoms with Gasteiger partial charge >= 0.3 is 5.97 Å². The van der Waals surface area contributed by atoms with E-state index < -0.39 is 0 Å². The molecule has 0 fully saturated rings. The number of benzene rings is 1. The lowest BCUT2D eigenvalue weighted by Gasteiger charge is -2.15. The minimum atomic E-state index is -0.324. The molecular formula is C12H17NO2. The molecule has 3 nitrogen and oxygen atoms in total. The first-order valence-electron chi connectivity index (χ1n) is 4.96. The van der Waals surface area contributed by atoms with Crippen molar-refractivity contribution in [1.82, 2.24) is 0 Å². The zero-order chi connectivity index (χ0) is 11.4. The predicted molar refractivity (Wildman–Crippen MR) is 61.0 cm³/mol. The molecule has 0 saturated carbocycles. The molecule has 0 radical (unpaired) electrons. The quantitative estimate of drug-likeness (QED) is 0.773. The molecule has 0 aliphatic rings. The molecule has 0 saturated heterocycles. The summed E-state index contributed by atoms with van der Waals surface area (Å²) in [6, 6.07) is 5.77. The van der Waals surface area contributed by atoms with Gasteiger partial charge in [-0.1, -0.05) is 12.1 Å². The Morgan fingerprint density at radius 1 is 1.40 bits per heavy atom. The van der Waals surface area contributed by atoms with Crippen LogP contribution in [-0.2, 0) is 9.53 Å². The molecule has 0 aliphatic carbocycles. The summed E-state index contributed by atoms with van der Waals surface area (Å²) in [7, 11) is 1.39. The largest absolute Gasteiger partial charge is 0.467 e. The Bertz CT molecular complexity index is 361. The van der Waals surface area contributed by atoms with Crippen LogP contribution in [0.25, 0.3) is 0 Å². The third-order valence-electron chi connectivity index (χ3n) is 2.32.